The number of carbonyl (C=O) groups is 1. The normalized spacial score (nSPS) is 12.0. The van der Waals surface area contributed by atoms with Crippen molar-refractivity contribution in [3.8, 4) is 0 Å². The van der Waals surface area contributed by atoms with Crippen LogP contribution >= 0.6 is 0 Å². The van der Waals surface area contributed by atoms with E-state index in [1.807, 2.05) is 25.1 Å². The molecule has 0 bridgehead atoms. The van der Waals surface area contributed by atoms with Crippen molar-refractivity contribution in [1.29, 1.82) is 0 Å². The van der Waals surface area contributed by atoms with E-state index in [2.05, 4.69) is 60.3 Å². The minimum Gasteiger partial charge on any atom is -0.469 e. The molecule has 2 aromatic rings. The molecular weight excluding hydrogens is 312 g/mol. The lowest BCUT2D eigenvalue weighted by Crippen LogP contribution is -2.32. The number of carbonyl (C=O) groups excluding carboxylic acids is 1. The Morgan fingerprint density at radius 3 is 2.28 bits per heavy atom. The van der Waals surface area contributed by atoms with Gasteiger partial charge in [0, 0.05) is 39.4 Å². The lowest BCUT2D eigenvalue weighted by atomic mass is 10.1. The standard InChI is InChI=1S/C21H28N2O2/c1-17(21(24)25-4)14-23(15-18-10-6-5-7-11-18)16-19-12-8-9-13-20(19)22(2)3/h5-13,17H,14-16H2,1-4H3. The number of ether oxygens (including phenoxy) is 1. The molecule has 0 spiro atoms. The molecule has 0 N–H and O–H groups in total. The summed E-state index contributed by atoms with van der Waals surface area (Å²) in [6, 6.07) is 18.7. The van der Waals surface area contributed by atoms with Gasteiger partial charge in [0.15, 0.2) is 0 Å². The third-order valence-corrected chi connectivity index (χ3v) is 4.25. The highest BCUT2D eigenvalue weighted by Crippen LogP contribution is 2.21. The van der Waals surface area contributed by atoms with Crippen LogP contribution in [-0.4, -0.2) is 38.6 Å². The number of methoxy groups -OCH3 is 1. The molecule has 0 aliphatic heterocycles. The molecule has 4 heteroatoms. The van der Waals surface area contributed by atoms with Crippen molar-refractivity contribution >= 4 is 11.7 Å². The van der Waals surface area contributed by atoms with Crippen LogP contribution in [0.4, 0.5) is 5.69 Å². The Morgan fingerprint density at radius 2 is 1.64 bits per heavy atom. The van der Waals surface area contributed by atoms with E-state index in [1.165, 1.54) is 23.9 Å². The van der Waals surface area contributed by atoms with Gasteiger partial charge in [0.05, 0.1) is 13.0 Å². The van der Waals surface area contributed by atoms with E-state index in [-0.39, 0.29) is 11.9 Å². The summed E-state index contributed by atoms with van der Waals surface area (Å²) in [6.07, 6.45) is 0. The zero-order valence-electron chi connectivity index (χ0n) is 15.6. The van der Waals surface area contributed by atoms with Gasteiger partial charge in [-0.25, -0.2) is 0 Å². The SMILES string of the molecule is COC(=O)C(C)CN(Cc1ccccc1)Cc1ccccc1N(C)C. The second-order valence-corrected chi connectivity index (χ2v) is 6.60. The van der Waals surface area contributed by atoms with Crippen molar-refractivity contribution < 1.29 is 9.53 Å². The fraction of sp³-hybridized carbons (Fsp3) is 0.381. The maximum Gasteiger partial charge on any atom is 0.309 e. The van der Waals surface area contributed by atoms with Crippen LogP contribution in [0.2, 0.25) is 0 Å². The molecule has 0 radical (unpaired) electrons. The number of nitrogens with zero attached hydrogens (tertiary/aromatic N) is 2. The quantitative estimate of drug-likeness (QED) is 0.688. The zero-order valence-corrected chi connectivity index (χ0v) is 15.6. The highest BCUT2D eigenvalue weighted by atomic mass is 16.5. The first-order chi connectivity index (χ1) is 12.0. The molecule has 0 amide bonds. The van der Waals surface area contributed by atoms with Gasteiger partial charge in [-0.15, -0.1) is 0 Å². The highest BCUT2D eigenvalue weighted by Gasteiger charge is 2.19. The van der Waals surface area contributed by atoms with Gasteiger partial charge >= 0.3 is 5.97 Å². The van der Waals surface area contributed by atoms with E-state index >= 15 is 0 Å². The first kappa shape index (κ1) is 19.0. The van der Waals surface area contributed by atoms with Crippen LogP contribution in [-0.2, 0) is 22.6 Å². The highest BCUT2D eigenvalue weighted by molar-refractivity contribution is 5.72. The van der Waals surface area contributed by atoms with Gasteiger partial charge in [0.1, 0.15) is 0 Å². The summed E-state index contributed by atoms with van der Waals surface area (Å²) in [6.45, 7) is 4.15. The van der Waals surface area contributed by atoms with Gasteiger partial charge < -0.3 is 9.64 Å². The van der Waals surface area contributed by atoms with E-state index in [4.69, 9.17) is 4.74 Å². The number of para-hydroxylation sites is 1. The number of benzene rings is 2. The van der Waals surface area contributed by atoms with Crippen LogP contribution in [0.15, 0.2) is 54.6 Å². The molecule has 0 aliphatic rings. The molecule has 25 heavy (non-hydrogen) atoms. The maximum atomic E-state index is 11.9. The predicted molar refractivity (Wildman–Crippen MR) is 103 cm³/mol. The molecular formula is C21H28N2O2. The van der Waals surface area contributed by atoms with Crippen molar-refractivity contribution in [2.24, 2.45) is 5.92 Å². The van der Waals surface area contributed by atoms with Crippen LogP contribution < -0.4 is 4.90 Å². The second kappa shape index (κ2) is 9.23. The van der Waals surface area contributed by atoms with E-state index in [0.29, 0.717) is 6.54 Å². The molecule has 0 saturated carbocycles. The van der Waals surface area contributed by atoms with Gasteiger partial charge in [-0.1, -0.05) is 55.5 Å². The minimum absolute atomic E-state index is 0.166. The summed E-state index contributed by atoms with van der Waals surface area (Å²) in [5.74, 6) is -0.334. The summed E-state index contributed by atoms with van der Waals surface area (Å²) in [5.41, 5.74) is 3.69. The number of hydrogen-bond acceptors (Lipinski definition) is 4. The Kier molecular flexibility index (Phi) is 7.02. The lowest BCUT2D eigenvalue weighted by Gasteiger charge is -2.27. The lowest BCUT2D eigenvalue weighted by molar-refractivity contribution is -0.145. The molecule has 0 heterocycles. The van der Waals surface area contributed by atoms with Gasteiger partial charge in [0.2, 0.25) is 0 Å². The molecule has 2 rings (SSSR count). The molecule has 2 aromatic carbocycles. The van der Waals surface area contributed by atoms with E-state index in [0.717, 1.165) is 13.1 Å². The van der Waals surface area contributed by atoms with Crippen molar-refractivity contribution in [2.45, 2.75) is 20.0 Å². The average Bonchev–Trinajstić information content (AvgIpc) is 2.62. The van der Waals surface area contributed by atoms with Gasteiger partial charge in [-0.05, 0) is 17.2 Å². The Hall–Kier alpha value is -2.33. The summed E-state index contributed by atoms with van der Waals surface area (Å²) < 4.78 is 4.90. The summed E-state index contributed by atoms with van der Waals surface area (Å²) in [4.78, 5) is 16.3. The summed E-state index contributed by atoms with van der Waals surface area (Å²) >= 11 is 0. The zero-order chi connectivity index (χ0) is 18.2. The number of rotatable bonds is 8. The number of anilines is 1. The summed E-state index contributed by atoms with van der Waals surface area (Å²) in [5, 5.41) is 0. The Balaban J connectivity index is 2.20. The fourth-order valence-electron chi connectivity index (χ4n) is 3.01. The Bertz CT molecular complexity index is 671. The van der Waals surface area contributed by atoms with Crippen LogP contribution in [0.25, 0.3) is 0 Å². The Labute approximate surface area is 151 Å². The third kappa shape index (κ3) is 5.61. The van der Waals surface area contributed by atoms with Crippen LogP contribution in [0.5, 0.6) is 0 Å². The number of hydrogen-bond donors (Lipinski definition) is 0. The molecule has 4 nitrogen and oxygen atoms in total. The topological polar surface area (TPSA) is 32.8 Å². The minimum atomic E-state index is -0.168. The smallest absolute Gasteiger partial charge is 0.309 e. The average molecular weight is 340 g/mol. The monoisotopic (exact) mass is 340 g/mol. The largest absolute Gasteiger partial charge is 0.469 e. The van der Waals surface area contributed by atoms with Crippen molar-refractivity contribution in [3.05, 3.63) is 65.7 Å². The van der Waals surface area contributed by atoms with Gasteiger partial charge in [-0.3, -0.25) is 9.69 Å². The molecule has 0 fully saturated rings. The van der Waals surface area contributed by atoms with E-state index in [9.17, 15) is 4.79 Å². The Morgan fingerprint density at radius 1 is 1.00 bits per heavy atom. The fourth-order valence-corrected chi connectivity index (χ4v) is 3.01. The predicted octanol–water partition coefficient (Wildman–Crippen LogP) is 3.56. The van der Waals surface area contributed by atoms with E-state index < -0.39 is 0 Å². The molecule has 0 aliphatic carbocycles. The third-order valence-electron chi connectivity index (χ3n) is 4.25. The molecule has 1 unspecified atom stereocenters. The van der Waals surface area contributed by atoms with Gasteiger partial charge in [0.25, 0.3) is 0 Å². The van der Waals surface area contributed by atoms with E-state index in [1.54, 1.807) is 0 Å². The molecule has 1 atom stereocenters. The molecule has 0 aromatic heterocycles. The van der Waals surface area contributed by atoms with Crippen molar-refractivity contribution in [2.75, 3.05) is 32.6 Å². The maximum absolute atomic E-state index is 11.9. The second-order valence-electron chi connectivity index (χ2n) is 6.60. The number of esters is 1. The van der Waals surface area contributed by atoms with Crippen LogP contribution in [0.1, 0.15) is 18.1 Å². The summed E-state index contributed by atoms with van der Waals surface area (Å²) in [7, 11) is 5.55. The van der Waals surface area contributed by atoms with Gasteiger partial charge in [-0.2, -0.15) is 0 Å². The first-order valence-corrected chi connectivity index (χ1v) is 8.60. The molecule has 0 saturated heterocycles. The molecule has 134 valence electrons. The van der Waals surface area contributed by atoms with Crippen LogP contribution in [0, 0.1) is 5.92 Å². The van der Waals surface area contributed by atoms with Crippen LogP contribution in [0.3, 0.4) is 0 Å². The van der Waals surface area contributed by atoms with Crippen molar-refractivity contribution in [3.63, 3.8) is 0 Å². The first-order valence-electron chi connectivity index (χ1n) is 8.60. The van der Waals surface area contributed by atoms with Crippen molar-refractivity contribution in [1.82, 2.24) is 4.90 Å².